The molecule has 1 N–H and O–H groups in total. The third-order valence-electron chi connectivity index (χ3n) is 15.7. The molecule has 8 heteroatoms. The van der Waals surface area contributed by atoms with Crippen LogP contribution in [-0.4, -0.2) is 66.8 Å². The van der Waals surface area contributed by atoms with E-state index in [0.717, 1.165) is 44.8 Å². The number of ether oxygens (including phenoxy) is 3. The van der Waals surface area contributed by atoms with Crippen LogP contribution in [0.3, 0.4) is 0 Å². The first-order valence-corrected chi connectivity index (χ1v) is 18.1. The van der Waals surface area contributed by atoms with Gasteiger partial charge in [-0.15, -0.1) is 0 Å². The van der Waals surface area contributed by atoms with Gasteiger partial charge >= 0.3 is 0 Å². The number of halogens is 2. The minimum absolute atomic E-state index is 0.0216. The SMILES string of the molecule is C[C@@H]1CCOC2C1[C@@]1(C)CCC34C[C@@]35CC[C@H](OC3CN(C(=O)Cc6cc(F)cc(F)c6)CCO3)C(C)(C)[C@@H]5CC[C@H]4[C@]1(C)[C@H]2O. The lowest BCUT2D eigenvalue weighted by molar-refractivity contribution is -0.248. The maximum absolute atomic E-state index is 13.7. The molecule has 2 spiro atoms. The van der Waals surface area contributed by atoms with Crippen LogP contribution in [0.4, 0.5) is 8.78 Å². The number of amides is 1. The third kappa shape index (κ3) is 4.14. The van der Waals surface area contributed by atoms with Crippen molar-refractivity contribution in [3.05, 3.63) is 35.4 Å². The number of fused-ring (bicyclic) bond motifs is 4. The number of nitrogens with zero attached hydrogens (tertiary/aromatic N) is 1. The Morgan fingerprint density at radius 2 is 1.67 bits per heavy atom. The summed E-state index contributed by atoms with van der Waals surface area (Å²) in [6, 6.07) is 3.26. The molecule has 2 heterocycles. The van der Waals surface area contributed by atoms with E-state index in [0.29, 0.717) is 59.8 Å². The van der Waals surface area contributed by atoms with Crippen molar-refractivity contribution < 1.29 is 32.9 Å². The molecule has 7 aliphatic rings. The number of aliphatic hydroxyl groups excluding tert-OH is 1. The minimum Gasteiger partial charge on any atom is -0.390 e. The van der Waals surface area contributed by atoms with E-state index in [1.807, 2.05) is 0 Å². The average molecular weight is 642 g/mol. The highest BCUT2D eigenvalue weighted by Crippen LogP contribution is 2.89. The molecule has 2 saturated heterocycles. The number of rotatable bonds is 4. The maximum atomic E-state index is 13.7. The predicted molar refractivity (Wildman–Crippen MR) is 168 cm³/mol. The smallest absolute Gasteiger partial charge is 0.227 e. The predicted octanol–water partition coefficient (Wildman–Crippen LogP) is 6.52. The van der Waals surface area contributed by atoms with Crippen LogP contribution in [0.2, 0.25) is 0 Å². The molecule has 46 heavy (non-hydrogen) atoms. The molecule has 1 aromatic rings. The fraction of sp³-hybridized carbons (Fsp3) is 0.816. The Morgan fingerprint density at radius 1 is 0.957 bits per heavy atom. The van der Waals surface area contributed by atoms with Gasteiger partial charge in [-0.05, 0) is 114 Å². The highest BCUT2D eigenvalue weighted by molar-refractivity contribution is 5.78. The van der Waals surface area contributed by atoms with Crippen molar-refractivity contribution in [2.75, 3.05) is 26.3 Å². The van der Waals surface area contributed by atoms with Crippen molar-refractivity contribution in [1.29, 1.82) is 0 Å². The number of morpholine rings is 1. The zero-order chi connectivity index (χ0) is 32.4. The van der Waals surface area contributed by atoms with Crippen molar-refractivity contribution in [2.24, 2.45) is 50.7 Å². The van der Waals surface area contributed by atoms with Gasteiger partial charge in [0.1, 0.15) is 11.6 Å². The third-order valence-corrected chi connectivity index (χ3v) is 15.7. The van der Waals surface area contributed by atoms with Crippen LogP contribution in [0.5, 0.6) is 0 Å². The van der Waals surface area contributed by atoms with Gasteiger partial charge in [0.25, 0.3) is 0 Å². The van der Waals surface area contributed by atoms with Crippen LogP contribution in [0.25, 0.3) is 0 Å². The summed E-state index contributed by atoms with van der Waals surface area (Å²) in [6.07, 6.45) is 8.27. The van der Waals surface area contributed by atoms with Crippen LogP contribution in [0.1, 0.15) is 91.5 Å². The van der Waals surface area contributed by atoms with Gasteiger partial charge in [0.2, 0.25) is 5.91 Å². The number of hydrogen-bond acceptors (Lipinski definition) is 5. The van der Waals surface area contributed by atoms with Crippen LogP contribution >= 0.6 is 0 Å². The van der Waals surface area contributed by atoms with Crippen molar-refractivity contribution in [1.82, 2.24) is 4.90 Å². The molecule has 12 atom stereocenters. The monoisotopic (exact) mass is 641 g/mol. The standard InChI is InChI=1S/C38H53F2NO5/c1-22-9-14-45-32-31(22)35(4)11-12-38-21-37(38)10-8-28(34(2,3)26(37)6-7-27(38)36(35,5)33(32)43)46-30-20-41(13-15-44-30)29(42)18-23-16-24(39)19-25(40)17-23/h16-17,19,22,26-28,30-33,43H,6-15,18,20-21H2,1-5H3/t22-,26+,27+,28+,30?,31?,32?,33+,35-,36-,37-,38?/m1/s1. The van der Waals surface area contributed by atoms with Crippen molar-refractivity contribution in [2.45, 2.75) is 117 Å². The van der Waals surface area contributed by atoms with Gasteiger partial charge in [-0.2, -0.15) is 0 Å². The molecule has 0 radical (unpaired) electrons. The minimum atomic E-state index is -0.674. The summed E-state index contributed by atoms with van der Waals surface area (Å²) >= 11 is 0. The number of carbonyl (C=O) groups excluding carboxylic acids is 1. The summed E-state index contributed by atoms with van der Waals surface area (Å²) in [5.41, 5.74) is 0.854. The summed E-state index contributed by atoms with van der Waals surface area (Å²) in [5, 5.41) is 12.1. The topological polar surface area (TPSA) is 68.2 Å². The first kappa shape index (κ1) is 31.6. The average Bonchev–Trinajstić information content (AvgIpc) is 3.63. The van der Waals surface area contributed by atoms with Crippen LogP contribution < -0.4 is 0 Å². The Kier molecular flexibility index (Phi) is 7.19. The summed E-state index contributed by atoms with van der Waals surface area (Å²) in [6.45, 7) is 14.0. The van der Waals surface area contributed by atoms with E-state index in [1.165, 1.54) is 31.4 Å². The summed E-state index contributed by atoms with van der Waals surface area (Å²) < 4.78 is 46.7. The Hall–Kier alpha value is -1.61. The number of benzene rings is 1. The highest BCUT2D eigenvalue weighted by atomic mass is 19.1. The van der Waals surface area contributed by atoms with Gasteiger partial charge in [-0.1, -0.05) is 34.6 Å². The van der Waals surface area contributed by atoms with E-state index in [2.05, 4.69) is 34.6 Å². The van der Waals surface area contributed by atoms with E-state index >= 15 is 0 Å². The second-order valence-corrected chi connectivity index (χ2v) is 17.5. The van der Waals surface area contributed by atoms with Gasteiger partial charge in [0, 0.05) is 24.6 Å². The highest BCUT2D eigenvalue weighted by Gasteiger charge is 2.84. The van der Waals surface area contributed by atoms with E-state index in [4.69, 9.17) is 14.2 Å². The quantitative estimate of drug-likeness (QED) is 0.406. The molecular formula is C38H53F2NO5. The zero-order valence-electron chi connectivity index (χ0n) is 28.3. The van der Waals surface area contributed by atoms with E-state index < -0.39 is 24.0 Å². The molecule has 0 bridgehead atoms. The van der Waals surface area contributed by atoms with Crippen molar-refractivity contribution in [3.63, 3.8) is 0 Å². The lowest BCUT2D eigenvalue weighted by atomic mass is 9.41. The Labute approximate surface area is 272 Å². The van der Waals surface area contributed by atoms with E-state index in [9.17, 15) is 18.7 Å². The molecule has 8 rings (SSSR count). The largest absolute Gasteiger partial charge is 0.390 e. The summed E-state index contributed by atoms with van der Waals surface area (Å²) in [5.74, 6) is 0.565. The first-order valence-electron chi connectivity index (χ1n) is 18.1. The van der Waals surface area contributed by atoms with Crippen LogP contribution in [0, 0.1) is 62.4 Å². The molecule has 254 valence electrons. The Bertz CT molecular complexity index is 1380. The number of aliphatic hydroxyl groups is 1. The van der Waals surface area contributed by atoms with Crippen molar-refractivity contribution >= 4 is 5.91 Å². The van der Waals surface area contributed by atoms with Gasteiger partial charge in [-0.25, -0.2) is 8.78 Å². The molecule has 7 fully saturated rings. The van der Waals surface area contributed by atoms with Gasteiger partial charge in [0.15, 0.2) is 6.29 Å². The lowest BCUT2D eigenvalue weighted by Gasteiger charge is -2.63. The maximum Gasteiger partial charge on any atom is 0.227 e. The van der Waals surface area contributed by atoms with Crippen molar-refractivity contribution in [3.8, 4) is 0 Å². The molecular weight excluding hydrogens is 588 g/mol. The first-order chi connectivity index (χ1) is 21.8. The Balaban J connectivity index is 0.974. The van der Waals surface area contributed by atoms with Crippen LogP contribution in [-0.2, 0) is 25.4 Å². The van der Waals surface area contributed by atoms with Gasteiger partial charge in [-0.3, -0.25) is 4.79 Å². The Morgan fingerprint density at radius 3 is 2.43 bits per heavy atom. The molecule has 2 aliphatic heterocycles. The van der Waals surface area contributed by atoms with Gasteiger partial charge < -0.3 is 24.2 Å². The zero-order valence-corrected chi connectivity index (χ0v) is 28.3. The normalized spacial score (nSPS) is 48.8. The molecule has 1 aromatic carbocycles. The second-order valence-electron chi connectivity index (χ2n) is 17.5. The van der Waals surface area contributed by atoms with Gasteiger partial charge in [0.05, 0.1) is 37.9 Å². The number of hydrogen-bond donors (Lipinski definition) is 1. The molecule has 6 nitrogen and oxygen atoms in total. The molecule has 5 saturated carbocycles. The van der Waals surface area contributed by atoms with E-state index in [1.54, 1.807) is 4.90 Å². The molecule has 1 amide bonds. The second kappa shape index (κ2) is 10.4. The summed E-state index contributed by atoms with van der Waals surface area (Å²) in [4.78, 5) is 14.8. The van der Waals surface area contributed by atoms with E-state index in [-0.39, 0.29) is 40.8 Å². The molecule has 4 unspecified atom stereocenters. The number of carbonyl (C=O) groups is 1. The summed E-state index contributed by atoms with van der Waals surface area (Å²) in [7, 11) is 0. The fourth-order valence-corrected chi connectivity index (χ4v) is 13.5. The fourth-order valence-electron chi connectivity index (χ4n) is 13.5. The molecule has 0 aromatic heterocycles. The lowest BCUT2D eigenvalue weighted by Crippen LogP contribution is -2.60. The van der Waals surface area contributed by atoms with Crippen LogP contribution in [0.15, 0.2) is 18.2 Å². The molecule has 5 aliphatic carbocycles.